The van der Waals surface area contributed by atoms with Crippen LogP contribution in [0.15, 0.2) is 91.1 Å². The van der Waals surface area contributed by atoms with E-state index < -0.39 is 0 Å². The van der Waals surface area contributed by atoms with E-state index in [-0.39, 0.29) is 0 Å². The van der Waals surface area contributed by atoms with Gasteiger partial charge in [-0.25, -0.2) is 4.98 Å². The van der Waals surface area contributed by atoms with Gasteiger partial charge in [-0.05, 0) is 103 Å². The molecular formula is C39H37N5. The van der Waals surface area contributed by atoms with Gasteiger partial charge in [0.2, 0.25) is 0 Å². The molecule has 0 spiro atoms. The minimum atomic E-state index is 0.538. The van der Waals surface area contributed by atoms with E-state index in [0.717, 1.165) is 57.5 Å². The molecule has 5 nitrogen and oxygen atoms in total. The fourth-order valence-corrected chi connectivity index (χ4v) is 5.76. The first-order valence-electron chi connectivity index (χ1n) is 15.1. The first kappa shape index (κ1) is 28.9. The summed E-state index contributed by atoms with van der Waals surface area (Å²) in [4.78, 5) is 12.4. The van der Waals surface area contributed by atoms with E-state index in [4.69, 9.17) is 9.97 Å². The third-order valence-corrected chi connectivity index (χ3v) is 8.62. The molecule has 0 fully saturated rings. The minimum Gasteiger partial charge on any atom is -0.380 e. The Balaban J connectivity index is 1.33. The van der Waals surface area contributed by atoms with Gasteiger partial charge in [0.05, 0.1) is 22.3 Å². The van der Waals surface area contributed by atoms with E-state index in [0.29, 0.717) is 12.1 Å². The van der Waals surface area contributed by atoms with Gasteiger partial charge in [0.25, 0.3) is 0 Å². The summed E-state index contributed by atoms with van der Waals surface area (Å²) in [7, 11) is 0. The number of benzene rings is 4. The van der Waals surface area contributed by atoms with Gasteiger partial charge in [-0.3, -0.25) is 4.98 Å². The minimum absolute atomic E-state index is 0.538. The summed E-state index contributed by atoms with van der Waals surface area (Å²) in [5, 5.41) is 15.4. The van der Waals surface area contributed by atoms with E-state index in [9.17, 15) is 5.26 Å². The summed E-state index contributed by atoms with van der Waals surface area (Å²) >= 11 is 0. The number of pyridine rings is 2. The lowest BCUT2D eigenvalue weighted by Gasteiger charge is -2.26. The molecule has 6 aromatic rings. The Morgan fingerprint density at radius 2 is 1.39 bits per heavy atom. The highest BCUT2D eigenvalue weighted by Crippen LogP contribution is 2.28. The first-order valence-corrected chi connectivity index (χ1v) is 15.1. The van der Waals surface area contributed by atoms with Gasteiger partial charge >= 0.3 is 0 Å². The number of hydrogen-bond donors (Lipinski definition) is 1. The van der Waals surface area contributed by atoms with Gasteiger partial charge in [0, 0.05) is 31.2 Å². The molecular weight excluding hydrogens is 538 g/mol. The maximum absolute atomic E-state index is 9.92. The molecule has 2 aromatic heterocycles. The largest absolute Gasteiger partial charge is 0.380 e. The quantitative estimate of drug-likeness (QED) is 0.196. The fraction of sp³-hybridized carbons (Fsp3) is 0.205. The number of aryl methyl sites for hydroxylation is 5. The number of hydrogen-bond acceptors (Lipinski definition) is 5. The van der Waals surface area contributed by atoms with Crippen molar-refractivity contribution in [3.8, 4) is 6.07 Å². The summed E-state index contributed by atoms with van der Waals surface area (Å²) < 4.78 is 0. The highest BCUT2D eigenvalue weighted by molar-refractivity contribution is 5.92. The zero-order chi connectivity index (χ0) is 30.8. The second kappa shape index (κ2) is 12.2. The predicted molar refractivity (Wildman–Crippen MR) is 182 cm³/mol. The van der Waals surface area contributed by atoms with E-state index >= 15 is 0 Å². The number of nitrogens with one attached hydrogen (secondary N) is 1. The molecule has 0 aliphatic carbocycles. The molecule has 0 saturated heterocycles. The lowest BCUT2D eigenvalue weighted by atomic mass is 10.0. The van der Waals surface area contributed by atoms with Gasteiger partial charge in [0.15, 0.2) is 0 Å². The summed E-state index contributed by atoms with van der Waals surface area (Å²) in [5.74, 6) is 0.930. The number of nitriles is 1. The van der Waals surface area contributed by atoms with Crippen molar-refractivity contribution in [3.63, 3.8) is 0 Å². The Labute approximate surface area is 259 Å². The van der Waals surface area contributed by atoms with Crippen molar-refractivity contribution in [1.82, 2.24) is 9.97 Å². The second-order valence-corrected chi connectivity index (χ2v) is 11.9. The van der Waals surface area contributed by atoms with Crippen molar-refractivity contribution in [1.29, 1.82) is 5.26 Å². The van der Waals surface area contributed by atoms with Gasteiger partial charge in [-0.1, -0.05) is 66.7 Å². The summed E-state index contributed by atoms with van der Waals surface area (Å²) in [5.41, 5.74) is 13.0. The topological polar surface area (TPSA) is 64.8 Å². The van der Waals surface area contributed by atoms with Gasteiger partial charge in [-0.2, -0.15) is 5.26 Å². The molecule has 0 unspecified atom stereocenters. The van der Waals surface area contributed by atoms with Crippen LogP contribution in [0, 0.1) is 45.9 Å². The Morgan fingerprint density at radius 3 is 2.05 bits per heavy atom. The van der Waals surface area contributed by atoms with Crippen LogP contribution >= 0.6 is 0 Å². The molecule has 5 heteroatoms. The molecule has 6 rings (SSSR count). The van der Waals surface area contributed by atoms with E-state index in [2.05, 4.69) is 99.4 Å². The van der Waals surface area contributed by atoms with Crippen LogP contribution in [-0.2, 0) is 19.6 Å². The van der Waals surface area contributed by atoms with Crippen molar-refractivity contribution < 1.29 is 0 Å². The van der Waals surface area contributed by atoms with Crippen LogP contribution in [0.5, 0.6) is 0 Å². The molecule has 1 N–H and O–H groups in total. The zero-order valence-corrected chi connectivity index (χ0v) is 26.1. The molecule has 0 aliphatic rings. The summed E-state index contributed by atoms with van der Waals surface area (Å²) in [6.07, 6.45) is 1.90. The highest BCUT2D eigenvalue weighted by Gasteiger charge is 2.15. The van der Waals surface area contributed by atoms with Crippen LogP contribution in [0.1, 0.15) is 50.1 Å². The summed E-state index contributed by atoms with van der Waals surface area (Å²) in [6.45, 7) is 12.8. The van der Waals surface area contributed by atoms with Crippen LogP contribution in [0.3, 0.4) is 0 Å². The third-order valence-electron chi connectivity index (χ3n) is 8.62. The Morgan fingerprint density at radius 1 is 0.705 bits per heavy atom. The maximum Gasteiger partial charge on any atom is 0.130 e. The monoisotopic (exact) mass is 575 g/mol. The average Bonchev–Trinajstić information content (AvgIpc) is 3.02. The van der Waals surface area contributed by atoms with Crippen LogP contribution in [-0.4, -0.2) is 9.97 Å². The lowest BCUT2D eigenvalue weighted by Crippen LogP contribution is -2.23. The Hall–Kier alpha value is -5.21. The second-order valence-electron chi connectivity index (χ2n) is 11.9. The molecule has 2 heterocycles. The first-order chi connectivity index (χ1) is 21.3. The lowest BCUT2D eigenvalue weighted by molar-refractivity contribution is 0.783. The molecule has 44 heavy (non-hydrogen) atoms. The maximum atomic E-state index is 9.92. The number of anilines is 2. The smallest absolute Gasteiger partial charge is 0.130 e. The molecule has 0 atom stereocenters. The Bertz CT molecular complexity index is 2000. The van der Waals surface area contributed by atoms with Crippen molar-refractivity contribution in [2.24, 2.45) is 0 Å². The molecule has 0 amide bonds. The van der Waals surface area contributed by atoms with Gasteiger partial charge < -0.3 is 10.2 Å². The molecule has 0 bridgehead atoms. The molecule has 218 valence electrons. The van der Waals surface area contributed by atoms with Crippen LogP contribution in [0.2, 0.25) is 0 Å². The van der Waals surface area contributed by atoms with E-state index in [1.54, 1.807) is 0 Å². The predicted octanol–water partition coefficient (Wildman–Crippen LogP) is 9.02. The number of aromatic nitrogens is 2. The molecule has 0 saturated carbocycles. The average molecular weight is 576 g/mol. The van der Waals surface area contributed by atoms with Crippen molar-refractivity contribution in [3.05, 3.63) is 141 Å². The number of rotatable bonds is 8. The van der Waals surface area contributed by atoms with Gasteiger partial charge in [-0.15, -0.1) is 0 Å². The third kappa shape index (κ3) is 5.98. The normalized spacial score (nSPS) is 11.1. The fourth-order valence-electron chi connectivity index (χ4n) is 5.76. The standard InChI is InChI=1S/C39H37N5/c1-25-10-12-30(16-27(25)3)23-44(24-31-13-11-26(2)28(4)17-31)38-18-29(5)39-37(43-38)19-32(22-42-39)21-41-36-15-14-33-8-6-7-9-34(33)35(36)20-40/h6-19,22,41H,21,23-24H2,1-5H3. The summed E-state index contributed by atoms with van der Waals surface area (Å²) in [6, 6.07) is 32.1. The van der Waals surface area contributed by atoms with Crippen LogP contribution in [0.25, 0.3) is 21.8 Å². The molecule has 4 aromatic carbocycles. The van der Waals surface area contributed by atoms with Crippen molar-refractivity contribution >= 4 is 33.3 Å². The van der Waals surface area contributed by atoms with Crippen molar-refractivity contribution in [2.75, 3.05) is 10.2 Å². The Kier molecular flexibility index (Phi) is 8.00. The SMILES string of the molecule is Cc1ccc(CN(Cc2ccc(C)c(C)c2)c2cc(C)c3ncc(CNc4ccc5ccccc5c4C#N)cc3n2)cc1C. The number of nitrogens with zero attached hydrogens (tertiary/aromatic N) is 4. The van der Waals surface area contributed by atoms with E-state index in [1.165, 1.54) is 33.4 Å². The van der Waals surface area contributed by atoms with Crippen LogP contribution < -0.4 is 10.2 Å². The van der Waals surface area contributed by atoms with Crippen LogP contribution in [0.4, 0.5) is 11.5 Å². The molecule has 0 radical (unpaired) electrons. The van der Waals surface area contributed by atoms with Crippen molar-refractivity contribution in [2.45, 2.75) is 54.3 Å². The molecule has 0 aliphatic heterocycles. The van der Waals surface area contributed by atoms with E-state index in [1.807, 2.05) is 42.6 Å². The number of fused-ring (bicyclic) bond motifs is 2. The zero-order valence-electron chi connectivity index (χ0n) is 26.1. The van der Waals surface area contributed by atoms with Gasteiger partial charge in [0.1, 0.15) is 11.9 Å². The highest BCUT2D eigenvalue weighted by atomic mass is 15.2.